The molecule has 1 amide bonds. The number of nitrogens with one attached hydrogen (secondary N) is 1. The van der Waals surface area contributed by atoms with Gasteiger partial charge in [-0.2, -0.15) is 0 Å². The zero-order chi connectivity index (χ0) is 15.2. The average Bonchev–Trinajstić information content (AvgIpc) is 2.86. The molecule has 2 aromatic rings. The summed E-state index contributed by atoms with van der Waals surface area (Å²) in [6.07, 6.45) is 5.33. The molecular weight excluding hydrogens is 288 g/mol. The fraction of sp³-hybridized carbons (Fsp3) is 0.357. The number of amides is 1. The molecule has 0 radical (unpaired) electrons. The maximum Gasteiger partial charge on any atom is 0.257 e. The summed E-state index contributed by atoms with van der Waals surface area (Å²) in [5.74, 6) is 0.144. The third-order valence-electron chi connectivity index (χ3n) is 2.95. The predicted octanol–water partition coefficient (Wildman–Crippen LogP) is 1.87. The van der Waals surface area contributed by atoms with Gasteiger partial charge >= 0.3 is 0 Å². The van der Waals surface area contributed by atoms with Gasteiger partial charge in [-0.3, -0.25) is 4.79 Å². The van der Waals surface area contributed by atoms with Gasteiger partial charge in [0.05, 0.1) is 25.0 Å². The quantitative estimate of drug-likeness (QED) is 0.825. The second-order valence-corrected chi connectivity index (χ2v) is 5.04. The number of carbonyl (C=O) groups is 1. The normalized spacial score (nSPS) is 10.4. The maximum atomic E-state index is 12.2. The molecule has 0 saturated heterocycles. The molecule has 0 unspecified atom stereocenters. The van der Waals surface area contributed by atoms with E-state index in [9.17, 15) is 4.79 Å². The number of ether oxygens (including phenoxy) is 1. The molecule has 0 aliphatic heterocycles. The Morgan fingerprint density at radius 1 is 1.48 bits per heavy atom. The van der Waals surface area contributed by atoms with Crippen LogP contribution in [0.5, 0.6) is 5.88 Å². The van der Waals surface area contributed by atoms with Gasteiger partial charge in [-0.15, -0.1) is 0 Å². The van der Waals surface area contributed by atoms with Crippen LogP contribution in [0.3, 0.4) is 0 Å². The Bertz CT molecular complexity index is 627. The Kier molecular flexibility index (Phi) is 5.21. The summed E-state index contributed by atoms with van der Waals surface area (Å²) in [5, 5.41) is 3.78. The molecule has 6 nitrogen and oxygen atoms in total. The zero-order valence-electron chi connectivity index (χ0n) is 12.3. The van der Waals surface area contributed by atoms with Crippen LogP contribution in [-0.2, 0) is 13.6 Å². The molecular formula is C14H18N4O2S. The highest BCUT2D eigenvalue weighted by Gasteiger charge is 2.14. The lowest BCUT2D eigenvalue weighted by atomic mass is 10.2. The van der Waals surface area contributed by atoms with Crippen LogP contribution in [0.25, 0.3) is 0 Å². The van der Waals surface area contributed by atoms with Gasteiger partial charge in [0.25, 0.3) is 5.91 Å². The van der Waals surface area contributed by atoms with Gasteiger partial charge in [0.15, 0.2) is 5.16 Å². The van der Waals surface area contributed by atoms with E-state index in [0.717, 1.165) is 10.9 Å². The highest BCUT2D eigenvalue weighted by Crippen LogP contribution is 2.15. The summed E-state index contributed by atoms with van der Waals surface area (Å²) >= 11 is 1.57. The van der Waals surface area contributed by atoms with Gasteiger partial charge < -0.3 is 14.6 Å². The number of carbonyl (C=O) groups excluding carboxylic acids is 1. The lowest BCUT2D eigenvalue weighted by Crippen LogP contribution is -2.24. The molecule has 2 aromatic heterocycles. The minimum Gasteiger partial charge on any atom is -0.477 e. The lowest BCUT2D eigenvalue weighted by molar-refractivity contribution is 0.0945. The number of aromatic nitrogens is 3. The summed E-state index contributed by atoms with van der Waals surface area (Å²) in [4.78, 5) is 20.6. The summed E-state index contributed by atoms with van der Waals surface area (Å²) in [6, 6.07) is 3.41. The van der Waals surface area contributed by atoms with E-state index < -0.39 is 0 Å². The molecule has 2 heterocycles. The first-order chi connectivity index (χ1) is 10.2. The van der Waals surface area contributed by atoms with Crippen molar-refractivity contribution in [2.75, 3.05) is 12.9 Å². The Morgan fingerprint density at radius 2 is 2.29 bits per heavy atom. The number of pyridine rings is 1. The highest BCUT2D eigenvalue weighted by molar-refractivity contribution is 7.98. The summed E-state index contributed by atoms with van der Waals surface area (Å²) in [6.45, 7) is 2.73. The zero-order valence-corrected chi connectivity index (χ0v) is 13.1. The van der Waals surface area contributed by atoms with Crippen molar-refractivity contribution in [3.8, 4) is 5.88 Å². The maximum absolute atomic E-state index is 12.2. The Labute approximate surface area is 127 Å². The molecule has 0 saturated carbocycles. The van der Waals surface area contributed by atoms with Crippen LogP contribution in [0.1, 0.15) is 23.0 Å². The van der Waals surface area contributed by atoms with Crippen LogP contribution < -0.4 is 10.1 Å². The van der Waals surface area contributed by atoms with Gasteiger partial charge in [0, 0.05) is 13.2 Å². The lowest BCUT2D eigenvalue weighted by Gasteiger charge is -2.10. The largest absolute Gasteiger partial charge is 0.477 e. The van der Waals surface area contributed by atoms with E-state index >= 15 is 0 Å². The monoisotopic (exact) mass is 306 g/mol. The molecule has 2 rings (SSSR count). The van der Waals surface area contributed by atoms with Crippen molar-refractivity contribution >= 4 is 17.7 Å². The van der Waals surface area contributed by atoms with Crippen molar-refractivity contribution in [2.24, 2.45) is 7.05 Å². The minimum atomic E-state index is -0.210. The first kappa shape index (κ1) is 15.4. The number of imidazole rings is 1. The Balaban J connectivity index is 2.06. The van der Waals surface area contributed by atoms with Crippen molar-refractivity contribution in [3.63, 3.8) is 0 Å². The molecule has 1 N–H and O–H groups in total. The number of nitrogens with zero attached hydrogens (tertiary/aromatic N) is 3. The van der Waals surface area contributed by atoms with Crippen molar-refractivity contribution in [3.05, 3.63) is 35.8 Å². The van der Waals surface area contributed by atoms with Crippen LogP contribution in [0.2, 0.25) is 0 Å². The van der Waals surface area contributed by atoms with Gasteiger partial charge in [-0.1, -0.05) is 11.8 Å². The number of rotatable bonds is 6. The van der Waals surface area contributed by atoms with Gasteiger partial charge in [0.1, 0.15) is 5.56 Å². The van der Waals surface area contributed by atoms with E-state index in [-0.39, 0.29) is 5.91 Å². The van der Waals surface area contributed by atoms with Gasteiger partial charge in [0.2, 0.25) is 5.88 Å². The SMILES string of the molecule is CCOc1ncccc1C(=O)NCc1cnc(SC)n1C. The first-order valence-corrected chi connectivity index (χ1v) is 7.80. The van der Waals surface area contributed by atoms with E-state index in [1.807, 2.05) is 24.8 Å². The molecule has 0 spiro atoms. The van der Waals surface area contributed by atoms with Crippen molar-refractivity contribution in [1.29, 1.82) is 0 Å². The third kappa shape index (κ3) is 3.55. The van der Waals surface area contributed by atoms with Crippen LogP contribution in [0.4, 0.5) is 0 Å². The second-order valence-electron chi connectivity index (χ2n) is 4.27. The van der Waals surface area contributed by atoms with Gasteiger partial charge in [-0.25, -0.2) is 9.97 Å². The molecule has 0 aliphatic carbocycles. The molecule has 0 aliphatic rings. The fourth-order valence-corrected chi connectivity index (χ4v) is 2.41. The van der Waals surface area contributed by atoms with E-state index in [1.54, 1.807) is 36.3 Å². The summed E-state index contributed by atoms with van der Waals surface area (Å²) in [7, 11) is 1.93. The third-order valence-corrected chi connectivity index (χ3v) is 3.70. The predicted molar refractivity (Wildman–Crippen MR) is 81.6 cm³/mol. The van der Waals surface area contributed by atoms with E-state index in [0.29, 0.717) is 24.6 Å². The fourth-order valence-electron chi connectivity index (χ4n) is 1.86. The number of hydrogen-bond acceptors (Lipinski definition) is 5. The van der Waals surface area contributed by atoms with Crippen LogP contribution in [-0.4, -0.2) is 33.3 Å². The molecule has 7 heteroatoms. The van der Waals surface area contributed by atoms with E-state index in [2.05, 4.69) is 15.3 Å². The number of hydrogen-bond donors (Lipinski definition) is 1. The standard InChI is InChI=1S/C14H18N4O2S/c1-4-20-13-11(6-5-7-15-13)12(19)16-8-10-9-17-14(21-3)18(10)2/h5-7,9H,4,8H2,1-3H3,(H,16,19). The molecule has 0 bridgehead atoms. The first-order valence-electron chi connectivity index (χ1n) is 6.58. The Morgan fingerprint density at radius 3 is 2.95 bits per heavy atom. The molecule has 0 atom stereocenters. The average molecular weight is 306 g/mol. The van der Waals surface area contributed by atoms with Crippen LogP contribution in [0.15, 0.2) is 29.7 Å². The van der Waals surface area contributed by atoms with E-state index in [1.165, 1.54) is 0 Å². The molecule has 0 aromatic carbocycles. The molecule has 112 valence electrons. The number of thioether (sulfide) groups is 1. The second kappa shape index (κ2) is 7.12. The molecule has 21 heavy (non-hydrogen) atoms. The summed E-state index contributed by atoms with van der Waals surface area (Å²) < 4.78 is 7.32. The highest BCUT2D eigenvalue weighted by atomic mass is 32.2. The smallest absolute Gasteiger partial charge is 0.257 e. The molecule has 0 fully saturated rings. The Hall–Kier alpha value is -2.02. The van der Waals surface area contributed by atoms with Crippen LogP contribution >= 0.6 is 11.8 Å². The van der Waals surface area contributed by atoms with Crippen molar-refractivity contribution in [1.82, 2.24) is 19.9 Å². The minimum absolute atomic E-state index is 0.210. The van der Waals surface area contributed by atoms with Crippen LogP contribution in [0, 0.1) is 0 Å². The van der Waals surface area contributed by atoms with Gasteiger partial charge in [-0.05, 0) is 25.3 Å². The van der Waals surface area contributed by atoms with E-state index in [4.69, 9.17) is 4.74 Å². The topological polar surface area (TPSA) is 69.0 Å². The van der Waals surface area contributed by atoms with Crippen molar-refractivity contribution in [2.45, 2.75) is 18.6 Å². The summed E-state index contributed by atoms with van der Waals surface area (Å²) in [5.41, 5.74) is 1.38. The van der Waals surface area contributed by atoms with Crippen molar-refractivity contribution < 1.29 is 9.53 Å².